The van der Waals surface area contributed by atoms with Gasteiger partial charge >= 0.3 is 11.9 Å². The van der Waals surface area contributed by atoms with E-state index in [0.717, 1.165) is 36.6 Å². The second-order valence-electron chi connectivity index (χ2n) is 13.0. The largest absolute Gasteiger partial charge is 0.504 e. The Morgan fingerprint density at radius 1 is 0.933 bits per heavy atom. The van der Waals surface area contributed by atoms with E-state index in [2.05, 4.69) is 4.90 Å². The maximum atomic E-state index is 13.5. The molecule has 3 aliphatic heterocycles. The van der Waals surface area contributed by atoms with Crippen molar-refractivity contribution in [2.45, 2.75) is 79.9 Å². The van der Waals surface area contributed by atoms with E-state index in [1.54, 1.807) is 30.3 Å². The second kappa shape index (κ2) is 10.2. The summed E-state index contributed by atoms with van der Waals surface area (Å²) in [5.41, 5.74) is 1.09. The molecule has 2 bridgehead atoms. The summed E-state index contributed by atoms with van der Waals surface area (Å²) in [5.74, 6) is -2.90. The molecule has 13 heteroatoms. The summed E-state index contributed by atoms with van der Waals surface area (Å²) in [6.07, 6.45) is -0.227. The number of fused-ring (bicyclic) bond motifs is 1. The van der Waals surface area contributed by atoms with Crippen LogP contribution in [0.3, 0.4) is 0 Å². The number of piperidine rings is 1. The number of likely N-dealkylation sites (tertiary alicyclic amines) is 1. The van der Waals surface area contributed by atoms with Crippen LogP contribution in [0.4, 0.5) is 0 Å². The molecule has 45 heavy (non-hydrogen) atoms. The number of imide groups is 1. The molecule has 3 aliphatic carbocycles. The van der Waals surface area contributed by atoms with Crippen molar-refractivity contribution in [3.63, 3.8) is 0 Å². The Balaban J connectivity index is 0.000000284. The standard InChI is InChI=1S/C28H28N2O5.C4H6O6/c31-20-8-7-16-13-21-28(34)10-9-19(30-25(32)17-3-1-2-4-18(17)26(30)33)24-27(28,22(16)23(20)35-24)11-12-29(21)14-15-5-6-15;5-1(3(7)8)2(6)4(9)10/h1-4,7-8,15,19,21,24,31,34H,5-6,9-14H2;1-2,5-6H,(H,7,8)(H,9,10)/t19-,21+,24-,27-,28?;/m0./s1. The van der Waals surface area contributed by atoms with Crippen molar-refractivity contribution in [3.05, 3.63) is 58.7 Å². The summed E-state index contributed by atoms with van der Waals surface area (Å²) >= 11 is 0. The maximum absolute atomic E-state index is 13.5. The average Bonchev–Trinajstić information content (AvgIpc) is 3.71. The average molecular weight is 623 g/mol. The minimum Gasteiger partial charge on any atom is -0.504 e. The maximum Gasteiger partial charge on any atom is 0.335 e. The highest BCUT2D eigenvalue weighted by Crippen LogP contribution is 2.66. The topological polar surface area (TPSA) is 205 Å². The number of aliphatic hydroxyl groups excluding tert-OH is 2. The van der Waals surface area contributed by atoms with Crippen molar-refractivity contribution < 1.29 is 54.6 Å². The monoisotopic (exact) mass is 622 g/mol. The predicted molar refractivity (Wildman–Crippen MR) is 153 cm³/mol. The van der Waals surface area contributed by atoms with Gasteiger partial charge in [-0.3, -0.25) is 19.4 Å². The van der Waals surface area contributed by atoms with Gasteiger partial charge in [0.15, 0.2) is 23.7 Å². The van der Waals surface area contributed by atoms with Crippen LogP contribution in [0.25, 0.3) is 0 Å². The molecule has 3 unspecified atom stereocenters. The first kappa shape index (κ1) is 29.7. The van der Waals surface area contributed by atoms with Gasteiger partial charge in [0.1, 0.15) is 6.10 Å². The number of amides is 2. The van der Waals surface area contributed by atoms with E-state index < -0.39 is 47.3 Å². The van der Waals surface area contributed by atoms with Crippen molar-refractivity contribution in [1.29, 1.82) is 0 Å². The van der Waals surface area contributed by atoms with Crippen LogP contribution in [0, 0.1) is 5.92 Å². The number of aromatic hydroxyl groups is 1. The lowest BCUT2D eigenvalue weighted by atomic mass is 9.48. The van der Waals surface area contributed by atoms with Crippen LogP contribution in [0.2, 0.25) is 0 Å². The van der Waals surface area contributed by atoms with Crippen molar-refractivity contribution >= 4 is 23.8 Å². The normalized spacial score (nSPS) is 32.1. The third kappa shape index (κ3) is 4.14. The number of hydrogen-bond donors (Lipinski definition) is 6. The first-order valence-electron chi connectivity index (χ1n) is 15.2. The molecule has 6 aliphatic rings. The van der Waals surface area contributed by atoms with Crippen LogP contribution in [0.1, 0.15) is 63.9 Å². The molecule has 238 valence electrons. The van der Waals surface area contributed by atoms with E-state index in [4.69, 9.17) is 25.2 Å². The highest BCUT2D eigenvalue weighted by molar-refractivity contribution is 6.21. The molecule has 3 fully saturated rings. The highest BCUT2D eigenvalue weighted by atomic mass is 16.5. The van der Waals surface area contributed by atoms with E-state index in [-0.39, 0.29) is 23.6 Å². The number of carbonyl (C=O) groups is 4. The SMILES string of the molecule is O=C(O)C(O)C(O)C(=O)O.O=C1c2ccccc2C(=O)N1[C@H]1CCC2(O)[C@H]3Cc4ccc(O)c5c4[C@@]2(CCN3CC2CC2)[C@H]1O5. The van der Waals surface area contributed by atoms with Crippen molar-refractivity contribution in [2.24, 2.45) is 5.92 Å². The third-order valence-corrected chi connectivity index (χ3v) is 10.7. The minimum absolute atomic E-state index is 0.0333. The van der Waals surface area contributed by atoms with Crippen LogP contribution >= 0.6 is 0 Å². The van der Waals surface area contributed by atoms with Crippen LogP contribution in [0.15, 0.2) is 36.4 Å². The number of ether oxygens (including phenoxy) is 1. The molecule has 3 heterocycles. The van der Waals surface area contributed by atoms with Gasteiger partial charge in [-0.15, -0.1) is 0 Å². The van der Waals surface area contributed by atoms with Gasteiger partial charge < -0.3 is 35.4 Å². The fraction of sp³-hybridized carbons (Fsp3) is 0.500. The second-order valence-corrected chi connectivity index (χ2v) is 13.0. The van der Waals surface area contributed by atoms with Crippen molar-refractivity contribution in [3.8, 4) is 11.5 Å². The fourth-order valence-corrected chi connectivity index (χ4v) is 8.50. The Labute approximate surface area is 257 Å². The lowest BCUT2D eigenvalue weighted by Gasteiger charge is -2.64. The fourth-order valence-electron chi connectivity index (χ4n) is 8.50. The third-order valence-electron chi connectivity index (χ3n) is 10.7. The Bertz CT molecular complexity index is 1570. The number of carbonyl (C=O) groups excluding carboxylic acids is 2. The lowest BCUT2D eigenvalue weighted by Crippen LogP contribution is -2.78. The molecular formula is C32H34N2O11. The van der Waals surface area contributed by atoms with E-state index in [0.29, 0.717) is 36.1 Å². The number of phenols is 1. The molecule has 7 atom stereocenters. The van der Waals surface area contributed by atoms with Gasteiger partial charge in [0.05, 0.1) is 28.2 Å². The zero-order chi connectivity index (χ0) is 32.0. The van der Waals surface area contributed by atoms with E-state index in [9.17, 15) is 29.4 Å². The number of carboxylic acids is 2. The molecule has 0 aromatic heterocycles. The zero-order valence-corrected chi connectivity index (χ0v) is 24.2. The molecule has 2 aromatic carbocycles. The molecule has 1 spiro atoms. The Kier molecular flexibility index (Phi) is 6.75. The summed E-state index contributed by atoms with van der Waals surface area (Å²) in [5, 5.41) is 55.9. The first-order chi connectivity index (χ1) is 21.4. The smallest absolute Gasteiger partial charge is 0.335 e. The lowest BCUT2D eigenvalue weighted by molar-refractivity contribution is -0.196. The number of aliphatic carboxylic acids is 2. The molecule has 2 aromatic rings. The van der Waals surface area contributed by atoms with Gasteiger partial charge in [0.25, 0.3) is 11.8 Å². The molecule has 2 amide bonds. The van der Waals surface area contributed by atoms with Crippen molar-refractivity contribution in [2.75, 3.05) is 13.1 Å². The predicted octanol–water partition coefficient (Wildman–Crippen LogP) is 0.499. The Morgan fingerprint density at radius 3 is 2.13 bits per heavy atom. The number of carboxylic acid groups (broad SMARTS) is 2. The van der Waals surface area contributed by atoms with Crippen molar-refractivity contribution in [1.82, 2.24) is 9.80 Å². The number of aliphatic hydroxyl groups is 3. The Hall–Kier alpha value is -4.04. The van der Waals surface area contributed by atoms with E-state index in [1.165, 1.54) is 17.7 Å². The summed E-state index contributed by atoms with van der Waals surface area (Å²) in [6.45, 7) is 1.85. The van der Waals surface area contributed by atoms with Crippen LogP contribution in [-0.2, 0) is 21.4 Å². The number of benzene rings is 2. The summed E-state index contributed by atoms with van der Waals surface area (Å²) in [7, 11) is 0. The van der Waals surface area contributed by atoms with Gasteiger partial charge in [0.2, 0.25) is 0 Å². The number of hydrogen-bond acceptors (Lipinski definition) is 10. The number of nitrogens with zero attached hydrogens (tertiary/aromatic N) is 2. The van der Waals surface area contributed by atoms with Crippen LogP contribution in [0.5, 0.6) is 11.5 Å². The van der Waals surface area contributed by atoms with E-state index in [1.807, 2.05) is 6.07 Å². The molecular weight excluding hydrogens is 588 g/mol. The molecule has 6 N–H and O–H groups in total. The molecule has 2 saturated carbocycles. The summed E-state index contributed by atoms with van der Waals surface area (Å²) < 4.78 is 6.55. The van der Waals surface area contributed by atoms with Gasteiger partial charge in [-0.25, -0.2) is 9.59 Å². The Morgan fingerprint density at radius 2 is 1.56 bits per heavy atom. The quantitative estimate of drug-likeness (QED) is 0.244. The van der Waals surface area contributed by atoms with E-state index >= 15 is 0 Å². The van der Waals surface area contributed by atoms with Crippen LogP contribution < -0.4 is 4.74 Å². The zero-order valence-electron chi connectivity index (χ0n) is 24.2. The number of phenolic OH excluding ortho intramolecular Hbond substituents is 1. The number of rotatable bonds is 6. The van der Waals surface area contributed by atoms with Gasteiger partial charge in [-0.2, -0.15) is 0 Å². The summed E-state index contributed by atoms with van der Waals surface area (Å²) in [4.78, 5) is 50.3. The first-order valence-corrected chi connectivity index (χ1v) is 15.2. The van der Waals surface area contributed by atoms with Gasteiger partial charge in [-0.1, -0.05) is 18.2 Å². The highest BCUT2D eigenvalue weighted by Gasteiger charge is 2.74. The van der Waals surface area contributed by atoms with Crippen LogP contribution in [-0.4, -0.2) is 113 Å². The molecule has 8 rings (SSSR count). The molecule has 13 nitrogen and oxygen atoms in total. The van der Waals surface area contributed by atoms with Gasteiger partial charge in [0, 0.05) is 18.2 Å². The molecule has 1 saturated heterocycles. The minimum atomic E-state index is -2.27. The molecule has 0 radical (unpaired) electrons. The van der Waals surface area contributed by atoms with Gasteiger partial charge in [-0.05, 0) is 74.8 Å². The summed E-state index contributed by atoms with van der Waals surface area (Å²) in [6, 6.07) is 10.1.